The van der Waals surface area contributed by atoms with Crippen LogP contribution in [0.15, 0.2) is 30.3 Å². The minimum Gasteiger partial charge on any atom is -0.452 e. The maximum absolute atomic E-state index is 12.9. The first-order chi connectivity index (χ1) is 16.4. The fourth-order valence-electron chi connectivity index (χ4n) is 6.49. The summed E-state index contributed by atoms with van der Waals surface area (Å²) in [5.74, 6) is 1.28. The molecule has 5 rings (SSSR count). The van der Waals surface area contributed by atoms with Gasteiger partial charge < -0.3 is 20.3 Å². The molecule has 2 N–H and O–H groups in total. The highest BCUT2D eigenvalue weighted by atomic mass is 16.5. The van der Waals surface area contributed by atoms with E-state index in [0.29, 0.717) is 5.69 Å². The molecular formula is C26H34N4O4. The van der Waals surface area contributed by atoms with Gasteiger partial charge in [0, 0.05) is 24.3 Å². The molecule has 0 spiro atoms. The topological polar surface area (TPSA) is 112 Å². The third-order valence-corrected chi connectivity index (χ3v) is 7.47. The second-order valence-corrected chi connectivity index (χ2v) is 10.2. The lowest BCUT2D eigenvalue weighted by Crippen LogP contribution is -2.61. The summed E-state index contributed by atoms with van der Waals surface area (Å²) in [6.07, 6.45) is 6.29. The van der Waals surface area contributed by atoms with Crippen LogP contribution in [0.1, 0.15) is 58.3 Å². The molecule has 4 saturated carbocycles. The van der Waals surface area contributed by atoms with Gasteiger partial charge in [0.1, 0.15) is 0 Å². The monoisotopic (exact) mass is 466 g/mol. The third-order valence-electron chi connectivity index (χ3n) is 7.47. The molecule has 34 heavy (non-hydrogen) atoms. The Bertz CT molecular complexity index is 907. The van der Waals surface area contributed by atoms with Crippen molar-refractivity contribution >= 4 is 23.6 Å². The summed E-state index contributed by atoms with van der Waals surface area (Å²) in [4.78, 5) is 39.2. The number of esters is 1. The van der Waals surface area contributed by atoms with Crippen LogP contribution < -0.4 is 15.5 Å². The van der Waals surface area contributed by atoms with Crippen LogP contribution in [0.2, 0.25) is 0 Å². The largest absolute Gasteiger partial charge is 0.452 e. The first kappa shape index (κ1) is 24.1. The number of nitriles is 1. The molecule has 0 aliphatic heterocycles. The van der Waals surface area contributed by atoms with Crippen molar-refractivity contribution in [2.75, 3.05) is 18.0 Å². The molecule has 8 nitrogen and oxygen atoms in total. The van der Waals surface area contributed by atoms with E-state index in [1.54, 1.807) is 24.3 Å². The summed E-state index contributed by atoms with van der Waals surface area (Å²) in [7, 11) is 0. The number of hydrogen-bond donors (Lipinski definition) is 2. The number of anilines is 1. The standard InChI is InChI=1S/C26H34N4O4/c1-18(24(32)30(11-5-9-27)22-6-3-2-4-7-22)34-23(31)8-10-28-25(33)29-26-15-19-12-20(16-26)14-21(13-19)17-26/h2-4,6-7,18-21H,5,8,10-17H2,1H3,(H2,28,29,33)/t18-,19?,20?,21?,26?/m0/s1. The van der Waals surface area contributed by atoms with Crippen LogP contribution in [0.3, 0.4) is 0 Å². The van der Waals surface area contributed by atoms with Crippen LogP contribution in [0.25, 0.3) is 0 Å². The maximum atomic E-state index is 12.9. The van der Waals surface area contributed by atoms with Crippen molar-refractivity contribution in [1.29, 1.82) is 5.26 Å². The Morgan fingerprint density at radius 3 is 2.32 bits per heavy atom. The van der Waals surface area contributed by atoms with Crippen LogP contribution >= 0.6 is 0 Å². The lowest BCUT2D eigenvalue weighted by molar-refractivity contribution is -0.153. The number of benzene rings is 1. The SMILES string of the molecule is C[C@H](OC(=O)CCNC(=O)NC12CC3CC(CC(C3)C1)C2)C(=O)N(CCC#N)c1ccccc1. The minimum absolute atomic E-state index is 0.0184. The van der Waals surface area contributed by atoms with Gasteiger partial charge in [-0.15, -0.1) is 0 Å². The molecule has 1 aromatic carbocycles. The summed E-state index contributed by atoms with van der Waals surface area (Å²) < 4.78 is 5.33. The number of nitrogens with one attached hydrogen (secondary N) is 2. The van der Waals surface area contributed by atoms with Gasteiger partial charge in [-0.1, -0.05) is 18.2 Å². The molecule has 1 atom stereocenters. The Morgan fingerprint density at radius 1 is 1.12 bits per heavy atom. The van der Waals surface area contributed by atoms with Gasteiger partial charge >= 0.3 is 12.0 Å². The fourth-order valence-corrected chi connectivity index (χ4v) is 6.49. The third kappa shape index (κ3) is 5.69. The van der Waals surface area contributed by atoms with Gasteiger partial charge in [0.15, 0.2) is 6.10 Å². The van der Waals surface area contributed by atoms with Crippen LogP contribution in [0.4, 0.5) is 10.5 Å². The molecule has 0 aromatic heterocycles. The molecule has 4 aliphatic rings. The Morgan fingerprint density at radius 2 is 1.74 bits per heavy atom. The highest BCUT2D eigenvalue weighted by molar-refractivity contribution is 5.97. The van der Waals surface area contributed by atoms with E-state index in [1.807, 2.05) is 12.1 Å². The van der Waals surface area contributed by atoms with Crippen molar-refractivity contribution in [1.82, 2.24) is 10.6 Å². The second-order valence-electron chi connectivity index (χ2n) is 10.2. The smallest absolute Gasteiger partial charge is 0.315 e. The number of hydrogen-bond acceptors (Lipinski definition) is 5. The molecule has 8 heteroatoms. The number of amides is 3. The average molecular weight is 467 g/mol. The predicted molar refractivity (Wildman–Crippen MR) is 127 cm³/mol. The number of urea groups is 1. The maximum Gasteiger partial charge on any atom is 0.315 e. The van der Waals surface area contributed by atoms with Crippen LogP contribution in [0, 0.1) is 29.1 Å². The van der Waals surface area contributed by atoms with Crippen molar-refractivity contribution in [3.8, 4) is 6.07 Å². The zero-order valence-electron chi connectivity index (χ0n) is 19.8. The van der Waals surface area contributed by atoms with Crippen LogP contribution in [0.5, 0.6) is 0 Å². The zero-order chi connectivity index (χ0) is 24.1. The second kappa shape index (κ2) is 10.5. The van der Waals surface area contributed by atoms with Gasteiger partial charge in [-0.3, -0.25) is 9.59 Å². The van der Waals surface area contributed by atoms with Gasteiger partial charge in [0.2, 0.25) is 0 Å². The predicted octanol–water partition coefficient (Wildman–Crippen LogP) is 3.52. The Labute approximate surface area is 201 Å². The van der Waals surface area contributed by atoms with E-state index in [-0.39, 0.29) is 43.4 Å². The summed E-state index contributed by atoms with van der Waals surface area (Å²) in [5.41, 5.74) is 0.568. The number of ether oxygens (including phenoxy) is 1. The van der Waals surface area contributed by atoms with E-state index in [2.05, 4.69) is 10.6 Å². The summed E-state index contributed by atoms with van der Waals surface area (Å²) in [6, 6.07) is 10.8. The van der Waals surface area contributed by atoms with Crippen molar-refractivity contribution in [3.05, 3.63) is 30.3 Å². The first-order valence-electron chi connectivity index (χ1n) is 12.4. The number of rotatable bonds is 9. The molecule has 0 heterocycles. The zero-order valence-corrected chi connectivity index (χ0v) is 19.8. The lowest BCUT2D eigenvalue weighted by atomic mass is 9.53. The molecular weight excluding hydrogens is 432 g/mol. The molecule has 1 aromatic rings. The van der Waals surface area contributed by atoms with Crippen molar-refractivity contribution < 1.29 is 19.1 Å². The molecule has 0 saturated heterocycles. The van der Waals surface area contributed by atoms with Gasteiger partial charge in [-0.2, -0.15) is 5.26 Å². The quantitative estimate of drug-likeness (QED) is 0.541. The summed E-state index contributed by atoms with van der Waals surface area (Å²) in [6.45, 7) is 1.89. The lowest BCUT2D eigenvalue weighted by Gasteiger charge is -2.56. The molecule has 4 aliphatic carbocycles. The van der Waals surface area contributed by atoms with Gasteiger partial charge in [0.05, 0.1) is 18.9 Å². The number of para-hydroxylation sites is 1. The molecule has 4 bridgehead atoms. The fraction of sp³-hybridized carbons (Fsp3) is 0.615. The Balaban J connectivity index is 1.21. The van der Waals surface area contributed by atoms with Gasteiger partial charge in [-0.25, -0.2) is 4.79 Å². The van der Waals surface area contributed by atoms with Crippen molar-refractivity contribution in [2.24, 2.45) is 17.8 Å². The van der Waals surface area contributed by atoms with Crippen LogP contribution in [-0.4, -0.2) is 42.6 Å². The van der Waals surface area contributed by atoms with E-state index in [4.69, 9.17) is 10.00 Å². The first-order valence-corrected chi connectivity index (χ1v) is 12.4. The highest BCUT2D eigenvalue weighted by Crippen LogP contribution is 2.55. The molecule has 0 unspecified atom stereocenters. The van der Waals surface area contributed by atoms with Crippen molar-refractivity contribution in [2.45, 2.75) is 69.9 Å². The van der Waals surface area contributed by atoms with Gasteiger partial charge in [0.25, 0.3) is 5.91 Å². The van der Waals surface area contributed by atoms with Crippen LogP contribution in [-0.2, 0) is 14.3 Å². The normalized spacial score (nSPS) is 27.4. The van der Waals surface area contributed by atoms with E-state index in [1.165, 1.54) is 31.1 Å². The van der Waals surface area contributed by atoms with Crippen molar-refractivity contribution in [3.63, 3.8) is 0 Å². The molecule has 3 amide bonds. The van der Waals surface area contributed by atoms with Gasteiger partial charge in [-0.05, 0) is 75.3 Å². The van der Waals surface area contributed by atoms with E-state index < -0.39 is 12.1 Å². The Hall–Kier alpha value is -3.08. The van der Waals surface area contributed by atoms with E-state index in [9.17, 15) is 14.4 Å². The summed E-state index contributed by atoms with van der Waals surface area (Å²) >= 11 is 0. The molecule has 182 valence electrons. The average Bonchev–Trinajstić information content (AvgIpc) is 2.78. The Kier molecular flexibility index (Phi) is 7.40. The van der Waals surface area contributed by atoms with E-state index in [0.717, 1.165) is 37.0 Å². The minimum atomic E-state index is -0.993. The number of carbonyl (C=O) groups is 3. The summed E-state index contributed by atoms with van der Waals surface area (Å²) in [5, 5.41) is 14.9. The molecule has 4 fully saturated rings. The molecule has 0 radical (unpaired) electrons. The highest BCUT2D eigenvalue weighted by Gasteiger charge is 2.51. The number of carbonyl (C=O) groups excluding carboxylic acids is 3. The number of nitrogens with zero attached hydrogens (tertiary/aromatic N) is 2. The van der Waals surface area contributed by atoms with E-state index >= 15 is 0 Å².